The van der Waals surface area contributed by atoms with Crippen LogP contribution in [0.2, 0.25) is 0 Å². The molecule has 3 rings (SSSR count). The number of aromatic nitrogens is 1. The minimum absolute atomic E-state index is 0.0133. The first-order valence-corrected chi connectivity index (χ1v) is 9.55. The predicted octanol–water partition coefficient (Wildman–Crippen LogP) is 4.41. The normalized spacial score (nSPS) is 19.7. The zero-order chi connectivity index (χ0) is 18.9. The molecular weight excluding hydrogens is 396 g/mol. The number of nitrogens with one attached hydrogen (secondary N) is 1. The molecule has 138 valence electrons. The lowest BCUT2D eigenvalue weighted by Crippen LogP contribution is -2.48. The third-order valence-corrected chi connectivity index (χ3v) is 4.90. The minimum atomic E-state index is -0.514. The zero-order valence-electron chi connectivity index (χ0n) is 15.2. The van der Waals surface area contributed by atoms with Crippen molar-refractivity contribution in [2.75, 3.05) is 0 Å². The van der Waals surface area contributed by atoms with Gasteiger partial charge in [-0.1, -0.05) is 22.0 Å². The Balaban J connectivity index is 1.52. The zero-order valence-corrected chi connectivity index (χ0v) is 16.8. The highest BCUT2D eigenvalue weighted by Gasteiger charge is 2.36. The van der Waals surface area contributed by atoms with Crippen molar-refractivity contribution in [3.05, 3.63) is 40.6 Å². The molecule has 1 aromatic heterocycles. The van der Waals surface area contributed by atoms with Crippen molar-refractivity contribution < 1.29 is 14.3 Å². The number of fused-ring (bicyclic) bond motifs is 1. The van der Waals surface area contributed by atoms with Crippen molar-refractivity contribution in [3.8, 4) is 0 Å². The summed E-state index contributed by atoms with van der Waals surface area (Å²) in [4.78, 5) is 28.6. The van der Waals surface area contributed by atoms with Gasteiger partial charge in [0.25, 0.3) is 0 Å². The number of ketones is 1. The van der Waals surface area contributed by atoms with Crippen LogP contribution in [0.25, 0.3) is 10.8 Å². The first-order chi connectivity index (χ1) is 12.2. The molecule has 1 saturated carbocycles. The van der Waals surface area contributed by atoms with Crippen LogP contribution in [0, 0.1) is 5.92 Å². The van der Waals surface area contributed by atoms with Crippen LogP contribution in [-0.4, -0.2) is 28.5 Å². The molecule has 0 saturated heterocycles. The molecule has 0 aliphatic heterocycles. The summed E-state index contributed by atoms with van der Waals surface area (Å²) >= 11 is 3.46. The molecule has 0 atom stereocenters. The Hall–Kier alpha value is -1.95. The van der Waals surface area contributed by atoms with E-state index in [2.05, 4.69) is 26.2 Å². The minimum Gasteiger partial charge on any atom is -0.444 e. The number of ether oxygens (including phenoxy) is 1. The van der Waals surface area contributed by atoms with Crippen molar-refractivity contribution in [1.82, 2.24) is 10.3 Å². The Bertz CT molecular complexity index is 839. The van der Waals surface area contributed by atoms with Gasteiger partial charge in [0.15, 0.2) is 0 Å². The molecule has 26 heavy (non-hydrogen) atoms. The summed E-state index contributed by atoms with van der Waals surface area (Å²) in [5, 5.41) is 4.93. The van der Waals surface area contributed by atoms with Crippen molar-refractivity contribution in [1.29, 1.82) is 0 Å². The van der Waals surface area contributed by atoms with Crippen LogP contribution in [0.4, 0.5) is 4.79 Å². The van der Waals surface area contributed by atoms with Gasteiger partial charge in [-0.15, -0.1) is 0 Å². The van der Waals surface area contributed by atoms with Crippen molar-refractivity contribution in [2.24, 2.45) is 5.92 Å². The average molecular weight is 419 g/mol. The third kappa shape index (κ3) is 4.81. The lowest BCUT2D eigenvalue weighted by atomic mass is 9.76. The number of benzene rings is 1. The fourth-order valence-electron chi connectivity index (χ4n) is 3.05. The number of halogens is 1. The van der Waals surface area contributed by atoms with Crippen LogP contribution in [0.1, 0.15) is 39.3 Å². The van der Waals surface area contributed by atoms with E-state index in [1.165, 1.54) is 0 Å². The van der Waals surface area contributed by atoms with Crippen LogP contribution < -0.4 is 5.32 Å². The number of amides is 1. The maximum absolute atomic E-state index is 12.5. The van der Waals surface area contributed by atoms with Gasteiger partial charge >= 0.3 is 6.09 Å². The van der Waals surface area contributed by atoms with Crippen LogP contribution in [0.5, 0.6) is 0 Å². The maximum Gasteiger partial charge on any atom is 0.407 e. The molecule has 0 radical (unpaired) electrons. The number of rotatable bonds is 4. The summed E-state index contributed by atoms with van der Waals surface area (Å²) in [5.74, 6) is 0.157. The highest BCUT2D eigenvalue weighted by atomic mass is 79.9. The van der Waals surface area contributed by atoms with E-state index in [1.807, 2.05) is 45.0 Å². The second-order valence-corrected chi connectivity index (χ2v) is 8.74. The van der Waals surface area contributed by atoms with Crippen LogP contribution in [0.3, 0.4) is 0 Å². The smallest absolute Gasteiger partial charge is 0.407 e. The van der Waals surface area contributed by atoms with E-state index in [4.69, 9.17) is 4.74 Å². The van der Waals surface area contributed by atoms with Gasteiger partial charge in [0.2, 0.25) is 0 Å². The number of pyridine rings is 1. The number of nitrogens with zero attached hydrogens (tertiary/aromatic N) is 1. The molecule has 1 aromatic carbocycles. The van der Waals surface area contributed by atoms with E-state index in [0.717, 1.165) is 20.9 Å². The summed E-state index contributed by atoms with van der Waals surface area (Å²) in [6.45, 7) is 5.48. The van der Waals surface area contributed by atoms with Gasteiger partial charge in [-0.05, 0) is 57.2 Å². The molecule has 2 aromatic rings. The Morgan fingerprint density at radius 2 is 1.96 bits per heavy atom. The first-order valence-electron chi connectivity index (χ1n) is 8.76. The molecule has 6 heteroatoms. The first kappa shape index (κ1) is 18.8. The Labute approximate surface area is 161 Å². The van der Waals surface area contributed by atoms with Gasteiger partial charge in [-0.3, -0.25) is 9.78 Å². The largest absolute Gasteiger partial charge is 0.444 e. The number of alkyl carbamates (subject to hydrolysis) is 1. The second-order valence-electron chi connectivity index (χ2n) is 7.82. The number of hydrogen-bond acceptors (Lipinski definition) is 4. The lowest BCUT2D eigenvalue weighted by molar-refractivity contribution is -0.125. The van der Waals surface area contributed by atoms with Crippen molar-refractivity contribution in [3.63, 3.8) is 0 Å². The van der Waals surface area contributed by atoms with Gasteiger partial charge in [0.05, 0.1) is 0 Å². The Morgan fingerprint density at radius 1 is 1.23 bits per heavy atom. The van der Waals surface area contributed by atoms with Gasteiger partial charge in [-0.25, -0.2) is 4.79 Å². The van der Waals surface area contributed by atoms with E-state index < -0.39 is 11.7 Å². The average Bonchev–Trinajstić information content (AvgIpc) is 2.48. The fraction of sp³-hybridized carbons (Fsp3) is 0.450. The standard InChI is InChI=1S/C20H23BrN2O3/c1-20(2,3)26-19(25)23-17-8-14(9-17)18(24)10-16-7-13-6-15(21)5-4-12(13)11-22-16/h4-7,11,14,17H,8-10H2,1-3H3,(H,23,25). The fourth-order valence-corrected chi connectivity index (χ4v) is 3.43. The number of carbonyl (C=O) groups excluding carboxylic acids is 2. The van der Waals surface area contributed by atoms with Crippen LogP contribution >= 0.6 is 15.9 Å². The van der Waals surface area contributed by atoms with E-state index in [9.17, 15) is 9.59 Å². The highest BCUT2D eigenvalue weighted by molar-refractivity contribution is 9.10. The van der Waals surface area contributed by atoms with Crippen molar-refractivity contribution in [2.45, 2.75) is 51.7 Å². The summed E-state index contributed by atoms with van der Waals surface area (Å²) in [6.07, 6.45) is 3.04. The summed E-state index contributed by atoms with van der Waals surface area (Å²) in [6, 6.07) is 7.97. The molecule has 1 aliphatic carbocycles. The van der Waals surface area contributed by atoms with Crippen LogP contribution in [-0.2, 0) is 16.0 Å². The number of Topliss-reactive ketones (excluding diaryl/α,β-unsaturated/α-hetero) is 1. The van der Waals surface area contributed by atoms with Gasteiger partial charge in [0, 0.05) is 40.1 Å². The molecule has 0 unspecified atom stereocenters. The van der Waals surface area contributed by atoms with Gasteiger partial charge < -0.3 is 10.1 Å². The van der Waals surface area contributed by atoms with Crippen LogP contribution in [0.15, 0.2) is 34.9 Å². The summed E-state index contributed by atoms with van der Waals surface area (Å²) in [7, 11) is 0. The molecule has 1 fully saturated rings. The molecular formula is C20H23BrN2O3. The topological polar surface area (TPSA) is 68.3 Å². The quantitative estimate of drug-likeness (QED) is 0.797. The number of hydrogen-bond donors (Lipinski definition) is 1. The molecule has 0 spiro atoms. The molecule has 1 N–H and O–H groups in total. The lowest BCUT2D eigenvalue weighted by Gasteiger charge is -2.35. The maximum atomic E-state index is 12.5. The number of carbonyl (C=O) groups is 2. The van der Waals surface area contributed by atoms with Gasteiger partial charge in [0.1, 0.15) is 11.4 Å². The molecule has 1 amide bonds. The van der Waals surface area contributed by atoms with E-state index in [0.29, 0.717) is 19.3 Å². The van der Waals surface area contributed by atoms with E-state index in [1.54, 1.807) is 6.20 Å². The van der Waals surface area contributed by atoms with E-state index in [-0.39, 0.29) is 17.7 Å². The SMILES string of the molecule is CC(C)(C)OC(=O)NC1CC(C(=O)Cc2cc3cc(Br)ccc3cn2)C1. The van der Waals surface area contributed by atoms with Gasteiger partial charge in [-0.2, -0.15) is 0 Å². The second kappa shape index (κ2) is 7.35. The summed E-state index contributed by atoms with van der Waals surface area (Å²) < 4.78 is 6.24. The molecule has 1 aliphatic rings. The highest BCUT2D eigenvalue weighted by Crippen LogP contribution is 2.30. The monoisotopic (exact) mass is 418 g/mol. The predicted molar refractivity (Wildman–Crippen MR) is 104 cm³/mol. The molecule has 5 nitrogen and oxygen atoms in total. The van der Waals surface area contributed by atoms with Crippen molar-refractivity contribution >= 4 is 38.6 Å². The van der Waals surface area contributed by atoms with E-state index >= 15 is 0 Å². The third-order valence-electron chi connectivity index (χ3n) is 4.41. The molecule has 1 heterocycles. The summed E-state index contributed by atoms with van der Waals surface area (Å²) in [5.41, 5.74) is 0.268. The Kier molecular flexibility index (Phi) is 5.32. The molecule has 0 bridgehead atoms. The Morgan fingerprint density at radius 3 is 2.65 bits per heavy atom.